The monoisotopic (exact) mass is 232 g/mol. The lowest BCUT2D eigenvalue weighted by Gasteiger charge is -2.11. The molecule has 0 aliphatic rings. The first-order valence-electron chi connectivity index (χ1n) is 7.42. The Labute approximate surface area is 107 Å². The minimum absolute atomic E-state index is 1.24. The van der Waals surface area contributed by atoms with Crippen molar-refractivity contribution in [1.29, 1.82) is 0 Å². The second-order valence-electron chi connectivity index (χ2n) is 5.06. The highest BCUT2D eigenvalue weighted by Gasteiger charge is 2.03. The molecule has 0 aliphatic heterocycles. The summed E-state index contributed by atoms with van der Waals surface area (Å²) in [4.78, 5) is 0. The van der Waals surface area contributed by atoms with Crippen LogP contribution in [-0.4, -0.2) is 0 Å². The Hall–Kier alpha value is -0.780. The minimum atomic E-state index is 1.24. The fourth-order valence-corrected chi connectivity index (χ4v) is 2.33. The van der Waals surface area contributed by atoms with E-state index in [1.807, 2.05) is 0 Å². The van der Waals surface area contributed by atoms with Crippen molar-refractivity contribution in [2.24, 2.45) is 0 Å². The van der Waals surface area contributed by atoms with Gasteiger partial charge in [-0.25, -0.2) is 0 Å². The molecule has 0 saturated heterocycles. The van der Waals surface area contributed by atoms with E-state index in [4.69, 9.17) is 0 Å². The summed E-state index contributed by atoms with van der Waals surface area (Å²) in [5.41, 5.74) is 4.74. The lowest BCUT2D eigenvalue weighted by atomic mass is 9.95. The molecular formula is C17H28. The molecule has 1 aromatic rings. The molecule has 0 bridgehead atoms. The summed E-state index contributed by atoms with van der Waals surface area (Å²) in [5.74, 6) is 0. The first-order valence-corrected chi connectivity index (χ1v) is 7.42. The number of rotatable bonds is 8. The van der Waals surface area contributed by atoms with Crippen molar-refractivity contribution in [3.63, 3.8) is 0 Å². The van der Waals surface area contributed by atoms with E-state index in [2.05, 4.69) is 39.0 Å². The summed E-state index contributed by atoms with van der Waals surface area (Å²) in [6.07, 6.45) is 10.3. The van der Waals surface area contributed by atoms with Gasteiger partial charge in [-0.15, -0.1) is 0 Å². The summed E-state index contributed by atoms with van der Waals surface area (Å²) < 4.78 is 0. The summed E-state index contributed by atoms with van der Waals surface area (Å²) in [6.45, 7) is 6.82. The Morgan fingerprint density at radius 3 is 2.06 bits per heavy atom. The standard InChI is InChI=1S/C17H28/c1-4-7-10-15-12-13-16(9-6-3)17(14-15)11-8-5-2/h12-14H,4-11H2,1-3H3. The van der Waals surface area contributed by atoms with Crippen LogP contribution in [0.1, 0.15) is 69.6 Å². The molecule has 0 atom stereocenters. The molecule has 0 saturated carbocycles. The van der Waals surface area contributed by atoms with E-state index in [0.717, 1.165) is 0 Å². The van der Waals surface area contributed by atoms with Crippen LogP contribution in [0.2, 0.25) is 0 Å². The fraction of sp³-hybridized carbons (Fsp3) is 0.647. The first kappa shape index (κ1) is 14.3. The van der Waals surface area contributed by atoms with Crippen molar-refractivity contribution < 1.29 is 0 Å². The van der Waals surface area contributed by atoms with Crippen LogP contribution in [0.5, 0.6) is 0 Å². The minimum Gasteiger partial charge on any atom is -0.0654 e. The van der Waals surface area contributed by atoms with Crippen molar-refractivity contribution in [3.8, 4) is 0 Å². The molecule has 17 heavy (non-hydrogen) atoms. The number of hydrogen-bond donors (Lipinski definition) is 0. The molecule has 0 nitrogen and oxygen atoms in total. The van der Waals surface area contributed by atoms with E-state index < -0.39 is 0 Å². The highest BCUT2D eigenvalue weighted by atomic mass is 14.1. The lowest BCUT2D eigenvalue weighted by Crippen LogP contribution is -1.97. The molecule has 0 radical (unpaired) electrons. The molecule has 0 amide bonds. The van der Waals surface area contributed by atoms with Gasteiger partial charge in [0.2, 0.25) is 0 Å². The van der Waals surface area contributed by atoms with Crippen LogP contribution in [0.3, 0.4) is 0 Å². The average Bonchev–Trinajstić information content (AvgIpc) is 2.36. The maximum atomic E-state index is 2.47. The summed E-state index contributed by atoms with van der Waals surface area (Å²) in [6, 6.07) is 7.19. The van der Waals surface area contributed by atoms with Crippen LogP contribution in [-0.2, 0) is 19.3 Å². The molecule has 0 aliphatic carbocycles. The van der Waals surface area contributed by atoms with E-state index in [1.165, 1.54) is 56.9 Å². The number of aryl methyl sites for hydroxylation is 3. The SMILES string of the molecule is CCCCc1ccc(CCC)c(CCCC)c1. The van der Waals surface area contributed by atoms with Crippen molar-refractivity contribution in [2.75, 3.05) is 0 Å². The van der Waals surface area contributed by atoms with Gasteiger partial charge in [0.1, 0.15) is 0 Å². The van der Waals surface area contributed by atoms with E-state index in [-0.39, 0.29) is 0 Å². The maximum Gasteiger partial charge on any atom is -0.0276 e. The molecule has 1 rings (SSSR count). The van der Waals surface area contributed by atoms with Crippen molar-refractivity contribution in [1.82, 2.24) is 0 Å². The van der Waals surface area contributed by atoms with Crippen LogP contribution in [0, 0.1) is 0 Å². The zero-order valence-corrected chi connectivity index (χ0v) is 11.9. The third-order valence-electron chi connectivity index (χ3n) is 3.41. The van der Waals surface area contributed by atoms with Crippen LogP contribution in [0.15, 0.2) is 18.2 Å². The molecule has 0 fully saturated rings. The van der Waals surface area contributed by atoms with Crippen LogP contribution >= 0.6 is 0 Å². The van der Waals surface area contributed by atoms with Gasteiger partial charge in [-0.2, -0.15) is 0 Å². The fourth-order valence-electron chi connectivity index (χ4n) is 2.33. The van der Waals surface area contributed by atoms with Gasteiger partial charge >= 0.3 is 0 Å². The summed E-state index contributed by atoms with van der Waals surface area (Å²) >= 11 is 0. The number of hydrogen-bond acceptors (Lipinski definition) is 0. The molecule has 0 aromatic heterocycles. The first-order chi connectivity index (χ1) is 8.31. The molecule has 0 heteroatoms. The molecule has 0 spiro atoms. The van der Waals surface area contributed by atoms with Gasteiger partial charge < -0.3 is 0 Å². The normalized spacial score (nSPS) is 10.8. The molecule has 0 N–H and O–H groups in total. The van der Waals surface area contributed by atoms with E-state index in [1.54, 1.807) is 11.1 Å². The third kappa shape index (κ3) is 4.93. The van der Waals surface area contributed by atoms with Crippen LogP contribution < -0.4 is 0 Å². The lowest BCUT2D eigenvalue weighted by molar-refractivity contribution is 0.769. The Bertz CT molecular complexity index is 312. The molecule has 1 aromatic carbocycles. The van der Waals surface area contributed by atoms with Gasteiger partial charge in [0.15, 0.2) is 0 Å². The van der Waals surface area contributed by atoms with Crippen molar-refractivity contribution in [3.05, 3.63) is 34.9 Å². The van der Waals surface area contributed by atoms with Gasteiger partial charge in [0.25, 0.3) is 0 Å². The Kier molecular flexibility index (Phi) is 7.00. The predicted octanol–water partition coefficient (Wildman–Crippen LogP) is 5.32. The maximum absolute atomic E-state index is 2.47. The van der Waals surface area contributed by atoms with Gasteiger partial charge in [-0.05, 0) is 48.8 Å². The Balaban J connectivity index is 2.76. The molecule has 0 unspecified atom stereocenters. The highest BCUT2D eigenvalue weighted by Crippen LogP contribution is 2.18. The van der Waals surface area contributed by atoms with E-state index >= 15 is 0 Å². The van der Waals surface area contributed by atoms with Gasteiger partial charge in [-0.3, -0.25) is 0 Å². The van der Waals surface area contributed by atoms with Gasteiger partial charge in [-0.1, -0.05) is 58.2 Å². The molecule has 96 valence electrons. The smallest absolute Gasteiger partial charge is 0.0276 e. The Morgan fingerprint density at radius 2 is 1.41 bits per heavy atom. The quantitative estimate of drug-likeness (QED) is 0.568. The zero-order chi connectivity index (χ0) is 12.5. The molecule has 0 heterocycles. The third-order valence-corrected chi connectivity index (χ3v) is 3.41. The molecular weight excluding hydrogens is 204 g/mol. The average molecular weight is 232 g/mol. The second-order valence-corrected chi connectivity index (χ2v) is 5.06. The van der Waals surface area contributed by atoms with Gasteiger partial charge in [0, 0.05) is 0 Å². The van der Waals surface area contributed by atoms with E-state index in [9.17, 15) is 0 Å². The Morgan fingerprint density at radius 1 is 0.706 bits per heavy atom. The predicted molar refractivity (Wildman–Crippen MR) is 77.7 cm³/mol. The van der Waals surface area contributed by atoms with Crippen molar-refractivity contribution in [2.45, 2.75) is 72.1 Å². The second kappa shape index (κ2) is 8.33. The van der Waals surface area contributed by atoms with Crippen molar-refractivity contribution >= 4 is 0 Å². The van der Waals surface area contributed by atoms with Crippen LogP contribution in [0.25, 0.3) is 0 Å². The highest BCUT2D eigenvalue weighted by molar-refractivity contribution is 5.32. The van der Waals surface area contributed by atoms with Gasteiger partial charge in [0.05, 0.1) is 0 Å². The number of unbranched alkanes of at least 4 members (excludes halogenated alkanes) is 2. The summed E-state index contributed by atoms with van der Waals surface area (Å²) in [7, 11) is 0. The number of benzene rings is 1. The topological polar surface area (TPSA) is 0 Å². The van der Waals surface area contributed by atoms with Crippen LogP contribution in [0.4, 0.5) is 0 Å². The summed E-state index contributed by atoms with van der Waals surface area (Å²) in [5, 5.41) is 0. The van der Waals surface area contributed by atoms with E-state index in [0.29, 0.717) is 0 Å². The zero-order valence-electron chi connectivity index (χ0n) is 11.9. The largest absolute Gasteiger partial charge is 0.0654 e.